The summed E-state index contributed by atoms with van der Waals surface area (Å²) in [7, 11) is 1.73. The number of benzene rings is 1. The van der Waals surface area contributed by atoms with Crippen LogP contribution in [0.25, 0.3) is 11.1 Å². The summed E-state index contributed by atoms with van der Waals surface area (Å²) >= 11 is 0. The Morgan fingerprint density at radius 1 is 1.24 bits per heavy atom. The van der Waals surface area contributed by atoms with Crippen LogP contribution < -0.4 is 5.73 Å². The van der Waals surface area contributed by atoms with Gasteiger partial charge in [-0.3, -0.25) is 4.68 Å². The minimum atomic E-state index is -2.82. The van der Waals surface area contributed by atoms with Crippen LogP contribution in [0.5, 0.6) is 0 Å². The molecule has 1 aromatic heterocycles. The van der Waals surface area contributed by atoms with Gasteiger partial charge in [-0.15, -0.1) is 0 Å². The van der Waals surface area contributed by atoms with Crippen molar-refractivity contribution in [2.45, 2.75) is 12.8 Å². The van der Waals surface area contributed by atoms with Gasteiger partial charge in [0.1, 0.15) is 5.82 Å². The monoisotopic (exact) mass is 237 g/mol. The van der Waals surface area contributed by atoms with Crippen LogP contribution in [-0.4, -0.2) is 9.78 Å². The molecule has 0 unspecified atom stereocenters. The molecule has 0 radical (unpaired) electrons. The molecule has 0 amide bonds. The summed E-state index contributed by atoms with van der Waals surface area (Å²) in [5, 5.41) is 4.01. The summed E-state index contributed by atoms with van der Waals surface area (Å²) in [6, 6.07) is 6.06. The number of anilines is 1. The third kappa shape index (κ3) is 2.13. The standard InChI is InChI=1S/C12H13F2N3/c1-12(13,14)9-5-3-8(4-6-9)10-7-16-17(2)11(10)15/h3-7H,15H2,1-2H3. The third-order valence-corrected chi connectivity index (χ3v) is 2.69. The Hall–Kier alpha value is -1.91. The first-order chi connectivity index (χ1) is 7.89. The number of rotatable bonds is 2. The molecule has 3 nitrogen and oxygen atoms in total. The van der Waals surface area contributed by atoms with Crippen molar-refractivity contribution in [3.8, 4) is 11.1 Å². The maximum Gasteiger partial charge on any atom is 0.270 e. The molecule has 17 heavy (non-hydrogen) atoms. The minimum absolute atomic E-state index is 0.0105. The van der Waals surface area contributed by atoms with Crippen molar-refractivity contribution in [3.63, 3.8) is 0 Å². The van der Waals surface area contributed by atoms with E-state index in [1.807, 2.05) is 0 Å². The summed E-state index contributed by atoms with van der Waals surface area (Å²) in [4.78, 5) is 0. The van der Waals surface area contributed by atoms with Crippen LogP contribution in [0, 0.1) is 0 Å². The molecule has 0 fully saturated rings. The van der Waals surface area contributed by atoms with Crippen LogP contribution in [0.4, 0.5) is 14.6 Å². The van der Waals surface area contributed by atoms with Gasteiger partial charge in [0, 0.05) is 25.1 Å². The summed E-state index contributed by atoms with van der Waals surface area (Å²) in [5.74, 6) is -2.31. The number of halogens is 2. The molecule has 1 heterocycles. The first kappa shape index (κ1) is 11.6. The summed E-state index contributed by atoms with van der Waals surface area (Å²) in [6.07, 6.45) is 1.62. The number of alkyl halides is 2. The van der Waals surface area contributed by atoms with Gasteiger partial charge in [-0.25, -0.2) is 8.78 Å². The molecule has 5 heteroatoms. The summed E-state index contributed by atoms with van der Waals surface area (Å²) in [5.41, 5.74) is 7.33. The van der Waals surface area contributed by atoms with Gasteiger partial charge in [-0.2, -0.15) is 5.10 Å². The maximum absolute atomic E-state index is 13.0. The minimum Gasteiger partial charge on any atom is -0.383 e. The predicted octanol–water partition coefficient (Wildman–Crippen LogP) is 2.78. The van der Waals surface area contributed by atoms with Crippen molar-refractivity contribution >= 4 is 5.82 Å². The third-order valence-electron chi connectivity index (χ3n) is 2.69. The van der Waals surface area contributed by atoms with E-state index in [0.29, 0.717) is 5.82 Å². The first-order valence-electron chi connectivity index (χ1n) is 5.16. The second kappa shape index (κ2) is 3.84. The fraction of sp³-hybridized carbons (Fsp3) is 0.250. The van der Waals surface area contributed by atoms with Crippen molar-refractivity contribution in [1.29, 1.82) is 0 Å². The highest BCUT2D eigenvalue weighted by atomic mass is 19.3. The van der Waals surface area contributed by atoms with Gasteiger partial charge in [0.25, 0.3) is 5.92 Å². The normalized spacial score (nSPS) is 11.8. The SMILES string of the molecule is Cn1ncc(-c2ccc(C(C)(F)F)cc2)c1N. The average Bonchev–Trinajstić information content (AvgIpc) is 2.59. The lowest BCUT2D eigenvalue weighted by atomic mass is 10.0. The van der Waals surface area contributed by atoms with Crippen molar-refractivity contribution in [1.82, 2.24) is 9.78 Å². The molecule has 0 aliphatic heterocycles. The molecule has 0 spiro atoms. The molecule has 90 valence electrons. The maximum atomic E-state index is 13.0. The smallest absolute Gasteiger partial charge is 0.270 e. The van der Waals surface area contributed by atoms with E-state index in [4.69, 9.17) is 5.73 Å². The second-order valence-electron chi connectivity index (χ2n) is 4.03. The van der Waals surface area contributed by atoms with E-state index in [1.165, 1.54) is 16.8 Å². The number of nitrogen functional groups attached to an aromatic ring is 1. The van der Waals surface area contributed by atoms with Gasteiger partial charge in [0.2, 0.25) is 0 Å². The van der Waals surface area contributed by atoms with Gasteiger partial charge in [-0.05, 0) is 5.56 Å². The molecule has 2 N–H and O–H groups in total. The second-order valence-corrected chi connectivity index (χ2v) is 4.03. The number of hydrogen-bond acceptors (Lipinski definition) is 2. The van der Waals surface area contributed by atoms with E-state index < -0.39 is 5.92 Å². The molecule has 0 aliphatic rings. The Bertz CT molecular complexity index is 524. The van der Waals surface area contributed by atoms with Crippen molar-refractivity contribution < 1.29 is 8.78 Å². The van der Waals surface area contributed by atoms with Crippen molar-refractivity contribution in [3.05, 3.63) is 36.0 Å². The molecule has 2 aromatic rings. The number of hydrogen-bond donors (Lipinski definition) is 1. The molecule has 0 aliphatic carbocycles. The summed E-state index contributed by atoms with van der Waals surface area (Å²) < 4.78 is 27.6. The molecule has 0 bridgehead atoms. The quantitative estimate of drug-likeness (QED) is 0.872. The highest BCUT2D eigenvalue weighted by molar-refractivity contribution is 5.73. The van der Waals surface area contributed by atoms with Gasteiger partial charge in [0.15, 0.2) is 0 Å². The number of nitrogens with zero attached hydrogens (tertiary/aromatic N) is 2. The molecular formula is C12H13F2N3. The van der Waals surface area contributed by atoms with Crippen molar-refractivity contribution in [2.24, 2.45) is 7.05 Å². The molecule has 0 saturated carbocycles. The highest BCUT2D eigenvalue weighted by Gasteiger charge is 2.23. The van der Waals surface area contributed by atoms with Gasteiger partial charge >= 0.3 is 0 Å². The topological polar surface area (TPSA) is 43.8 Å². The molecule has 2 rings (SSSR count). The molecule has 0 saturated heterocycles. The van der Waals surface area contributed by atoms with E-state index in [-0.39, 0.29) is 5.56 Å². The van der Waals surface area contributed by atoms with E-state index in [2.05, 4.69) is 5.10 Å². The molecule has 1 aromatic carbocycles. The lowest BCUT2D eigenvalue weighted by molar-refractivity contribution is 0.0175. The van der Waals surface area contributed by atoms with Crippen LogP contribution in [0.3, 0.4) is 0 Å². The fourth-order valence-electron chi connectivity index (χ4n) is 1.61. The van der Waals surface area contributed by atoms with E-state index in [1.54, 1.807) is 25.4 Å². The number of aryl methyl sites for hydroxylation is 1. The average molecular weight is 237 g/mol. The Morgan fingerprint density at radius 2 is 1.82 bits per heavy atom. The van der Waals surface area contributed by atoms with Crippen LogP contribution >= 0.6 is 0 Å². The lowest BCUT2D eigenvalue weighted by Crippen LogP contribution is -2.06. The highest BCUT2D eigenvalue weighted by Crippen LogP contribution is 2.30. The Kier molecular flexibility index (Phi) is 2.61. The molecular weight excluding hydrogens is 224 g/mol. The van der Waals surface area contributed by atoms with E-state index in [0.717, 1.165) is 18.1 Å². The molecule has 0 atom stereocenters. The first-order valence-corrected chi connectivity index (χ1v) is 5.16. The van der Waals surface area contributed by atoms with E-state index in [9.17, 15) is 8.78 Å². The van der Waals surface area contributed by atoms with Crippen LogP contribution in [0.1, 0.15) is 12.5 Å². The Labute approximate surface area is 97.9 Å². The zero-order valence-electron chi connectivity index (χ0n) is 9.61. The zero-order valence-corrected chi connectivity index (χ0v) is 9.61. The number of aromatic nitrogens is 2. The van der Waals surface area contributed by atoms with Crippen LogP contribution in [0.15, 0.2) is 30.5 Å². The van der Waals surface area contributed by atoms with E-state index >= 15 is 0 Å². The predicted molar refractivity (Wildman–Crippen MR) is 62.6 cm³/mol. The van der Waals surface area contributed by atoms with Crippen molar-refractivity contribution in [2.75, 3.05) is 5.73 Å². The number of nitrogens with two attached hydrogens (primary N) is 1. The lowest BCUT2D eigenvalue weighted by Gasteiger charge is -2.10. The van der Waals surface area contributed by atoms with Gasteiger partial charge in [-0.1, -0.05) is 24.3 Å². The summed E-state index contributed by atoms with van der Waals surface area (Å²) in [6.45, 7) is 0.875. The van der Waals surface area contributed by atoms with Crippen LogP contribution in [0.2, 0.25) is 0 Å². The van der Waals surface area contributed by atoms with Crippen LogP contribution in [-0.2, 0) is 13.0 Å². The van der Waals surface area contributed by atoms with Gasteiger partial charge in [0.05, 0.1) is 6.20 Å². The Balaban J connectivity index is 2.40. The van der Waals surface area contributed by atoms with Gasteiger partial charge < -0.3 is 5.73 Å². The fourth-order valence-corrected chi connectivity index (χ4v) is 1.61. The Morgan fingerprint density at radius 3 is 2.24 bits per heavy atom. The zero-order chi connectivity index (χ0) is 12.6. The largest absolute Gasteiger partial charge is 0.383 e.